The highest BCUT2D eigenvalue weighted by Gasteiger charge is 2.36. The molecule has 0 spiro atoms. The molecular formula is C28H25F2NO2S. The molecule has 0 aromatic heterocycles. The van der Waals surface area contributed by atoms with Crippen LogP contribution in [0.2, 0.25) is 0 Å². The number of allylic oxidation sites excluding steroid dienone is 11. The molecule has 6 heteroatoms. The van der Waals surface area contributed by atoms with Gasteiger partial charge in [0.05, 0.1) is 5.57 Å². The first-order valence-electron chi connectivity index (χ1n) is 10.5. The fourth-order valence-corrected chi connectivity index (χ4v) is 4.78. The van der Waals surface area contributed by atoms with Crippen LogP contribution in [0.15, 0.2) is 106 Å². The maximum absolute atomic E-state index is 13.7. The molecule has 0 fully saturated rings. The standard InChI is InChI=1S/C28H25F2NO2S/c1-6-8-9-17(7-2)11-22-25(15-31)34-18(10-16(3)28(22,4)5)12-21-26(32)19-13-23(29)24(30)14-20(19)27(21)33/h6-15H,1,3,31H2,2,4-5H3/b9-8-,17-7+,22-11+,25-15+. The van der Waals surface area contributed by atoms with Crippen molar-refractivity contribution in [3.05, 3.63) is 129 Å². The van der Waals surface area contributed by atoms with Crippen molar-refractivity contribution in [3.8, 4) is 0 Å². The maximum Gasteiger partial charge on any atom is 0.197 e. The van der Waals surface area contributed by atoms with E-state index in [1.807, 2.05) is 45.1 Å². The summed E-state index contributed by atoms with van der Waals surface area (Å²) < 4.78 is 27.3. The Kier molecular flexibility index (Phi) is 7.22. The Morgan fingerprint density at radius 1 is 1.12 bits per heavy atom. The molecule has 1 aromatic rings. The molecule has 1 heterocycles. The number of nitrogens with two attached hydrogens (primary N) is 1. The third-order valence-electron chi connectivity index (χ3n) is 5.83. The summed E-state index contributed by atoms with van der Waals surface area (Å²) in [5.41, 5.74) is 7.63. The topological polar surface area (TPSA) is 60.2 Å². The van der Waals surface area contributed by atoms with E-state index in [4.69, 9.17) is 5.73 Å². The van der Waals surface area contributed by atoms with Gasteiger partial charge in [0.15, 0.2) is 23.2 Å². The van der Waals surface area contributed by atoms with Crippen molar-refractivity contribution in [2.75, 3.05) is 0 Å². The molecule has 0 saturated carbocycles. The summed E-state index contributed by atoms with van der Waals surface area (Å²) in [5, 5.41) is 0. The molecule has 0 atom stereocenters. The monoisotopic (exact) mass is 477 g/mol. The van der Waals surface area contributed by atoms with Gasteiger partial charge < -0.3 is 5.73 Å². The molecule has 2 aliphatic rings. The van der Waals surface area contributed by atoms with Crippen LogP contribution >= 0.6 is 11.8 Å². The van der Waals surface area contributed by atoms with Crippen LogP contribution in [0.4, 0.5) is 8.78 Å². The van der Waals surface area contributed by atoms with E-state index in [2.05, 4.69) is 13.2 Å². The second kappa shape index (κ2) is 9.77. The number of Topliss-reactive ketones (excluding diaryl/α,β-unsaturated/α-hetero) is 2. The first kappa shape index (κ1) is 25.1. The van der Waals surface area contributed by atoms with Crippen molar-refractivity contribution in [2.24, 2.45) is 11.1 Å². The number of carbonyl (C=O) groups excluding carboxylic acids is 2. The minimum absolute atomic E-state index is 0.143. The first-order valence-corrected chi connectivity index (χ1v) is 11.4. The summed E-state index contributed by atoms with van der Waals surface area (Å²) in [4.78, 5) is 26.9. The predicted molar refractivity (Wildman–Crippen MR) is 135 cm³/mol. The lowest BCUT2D eigenvalue weighted by Crippen LogP contribution is -2.17. The largest absolute Gasteiger partial charge is 0.404 e. The summed E-state index contributed by atoms with van der Waals surface area (Å²) >= 11 is 1.29. The van der Waals surface area contributed by atoms with E-state index in [-0.39, 0.29) is 16.7 Å². The number of fused-ring (bicyclic) bond motifs is 1. The van der Waals surface area contributed by atoms with Gasteiger partial charge in [-0.1, -0.05) is 69.1 Å². The smallest absolute Gasteiger partial charge is 0.197 e. The fourth-order valence-electron chi connectivity index (χ4n) is 3.65. The van der Waals surface area contributed by atoms with Crippen LogP contribution in [0.25, 0.3) is 0 Å². The third-order valence-corrected chi connectivity index (χ3v) is 6.88. The molecule has 0 radical (unpaired) electrons. The fraction of sp³-hybridized carbons (Fsp3) is 0.143. The van der Waals surface area contributed by atoms with Gasteiger partial charge in [-0.15, -0.1) is 0 Å². The average molecular weight is 478 g/mol. The van der Waals surface area contributed by atoms with E-state index in [9.17, 15) is 18.4 Å². The van der Waals surface area contributed by atoms with E-state index in [0.29, 0.717) is 4.91 Å². The van der Waals surface area contributed by atoms with E-state index in [1.54, 1.807) is 12.2 Å². The number of hydrogen-bond donors (Lipinski definition) is 1. The zero-order valence-corrected chi connectivity index (χ0v) is 20.1. The molecule has 0 bridgehead atoms. The lowest BCUT2D eigenvalue weighted by Gasteiger charge is -2.28. The molecule has 0 unspecified atom stereocenters. The molecule has 3 rings (SSSR count). The minimum atomic E-state index is -1.17. The molecule has 3 nitrogen and oxygen atoms in total. The van der Waals surface area contributed by atoms with Crippen LogP contribution in [-0.4, -0.2) is 11.6 Å². The van der Waals surface area contributed by atoms with E-state index < -0.39 is 28.6 Å². The molecule has 2 N–H and O–H groups in total. The lowest BCUT2D eigenvalue weighted by atomic mass is 9.76. The highest BCUT2D eigenvalue weighted by atomic mass is 32.2. The number of hydrogen-bond acceptors (Lipinski definition) is 4. The zero-order valence-electron chi connectivity index (χ0n) is 19.2. The number of benzene rings is 1. The molecule has 1 aliphatic heterocycles. The first-order chi connectivity index (χ1) is 16.0. The summed E-state index contributed by atoms with van der Waals surface area (Å²) in [6, 6.07) is 1.54. The molecule has 34 heavy (non-hydrogen) atoms. The Labute approximate surface area is 202 Å². The van der Waals surface area contributed by atoms with Crippen LogP contribution in [0.3, 0.4) is 0 Å². The highest BCUT2D eigenvalue weighted by Crippen LogP contribution is 2.49. The van der Waals surface area contributed by atoms with Gasteiger partial charge in [0.25, 0.3) is 0 Å². The van der Waals surface area contributed by atoms with Gasteiger partial charge in [-0.3, -0.25) is 9.59 Å². The van der Waals surface area contributed by atoms with Crippen molar-refractivity contribution in [2.45, 2.75) is 20.8 Å². The van der Waals surface area contributed by atoms with Crippen LogP contribution in [-0.2, 0) is 0 Å². The summed E-state index contributed by atoms with van der Waals surface area (Å²) in [6.45, 7) is 13.9. The maximum atomic E-state index is 13.7. The Bertz CT molecular complexity index is 1260. The van der Waals surface area contributed by atoms with Gasteiger partial charge in [-0.2, -0.15) is 0 Å². The van der Waals surface area contributed by atoms with Crippen molar-refractivity contribution in [1.82, 2.24) is 0 Å². The van der Waals surface area contributed by atoms with Gasteiger partial charge in [0.1, 0.15) is 0 Å². The van der Waals surface area contributed by atoms with Crippen LogP contribution in [0.1, 0.15) is 41.5 Å². The highest BCUT2D eigenvalue weighted by molar-refractivity contribution is 8.07. The van der Waals surface area contributed by atoms with Gasteiger partial charge in [-0.25, -0.2) is 8.78 Å². The van der Waals surface area contributed by atoms with Crippen LogP contribution < -0.4 is 5.73 Å². The van der Waals surface area contributed by atoms with E-state index in [1.165, 1.54) is 24.0 Å². The lowest BCUT2D eigenvalue weighted by molar-refractivity contribution is 0.0988. The third kappa shape index (κ3) is 4.59. The van der Waals surface area contributed by atoms with E-state index in [0.717, 1.165) is 33.8 Å². The normalized spacial score (nSPS) is 20.7. The molecule has 174 valence electrons. The second-order valence-corrected chi connectivity index (χ2v) is 9.41. The van der Waals surface area contributed by atoms with Gasteiger partial charge in [0, 0.05) is 32.6 Å². The van der Waals surface area contributed by atoms with E-state index >= 15 is 0 Å². The van der Waals surface area contributed by atoms with Crippen molar-refractivity contribution < 1.29 is 18.4 Å². The Balaban J connectivity index is 2.08. The van der Waals surface area contributed by atoms with Crippen LogP contribution in [0.5, 0.6) is 0 Å². The summed E-state index contributed by atoms with van der Waals surface area (Å²) in [7, 11) is 0. The quantitative estimate of drug-likeness (QED) is 0.291. The van der Waals surface area contributed by atoms with Gasteiger partial charge in [-0.05, 0) is 47.9 Å². The molecule has 0 amide bonds. The van der Waals surface area contributed by atoms with Gasteiger partial charge in [0.2, 0.25) is 0 Å². The van der Waals surface area contributed by atoms with Crippen molar-refractivity contribution in [1.29, 1.82) is 0 Å². The van der Waals surface area contributed by atoms with Crippen molar-refractivity contribution in [3.63, 3.8) is 0 Å². The number of halogens is 2. The SMILES string of the molecule is C=C\C=C/C(/C=C1\C(=C/N)SC(C=C2C(=O)c3cc(F)c(F)cc3C2=O)=CC(=C)C1(C)C)=C\C. The van der Waals surface area contributed by atoms with Crippen LogP contribution in [0, 0.1) is 17.0 Å². The molecule has 1 aliphatic carbocycles. The number of rotatable bonds is 4. The predicted octanol–water partition coefficient (Wildman–Crippen LogP) is 6.90. The summed E-state index contributed by atoms with van der Waals surface area (Å²) in [6.07, 6.45) is 14.1. The Hall–Kier alpha value is -3.51. The summed E-state index contributed by atoms with van der Waals surface area (Å²) in [5.74, 6) is -3.64. The minimum Gasteiger partial charge on any atom is -0.404 e. The average Bonchev–Trinajstić information content (AvgIpc) is 2.96. The molecule has 0 saturated heterocycles. The molecule has 1 aromatic carbocycles. The number of thioether (sulfide) groups is 1. The zero-order chi connectivity index (χ0) is 25.2. The molecular weight excluding hydrogens is 452 g/mol. The number of ketones is 2. The number of carbonyl (C=O) groups is 2. The Morgan fingerprint density at radius 2 is 1.71 bits per heavy atom. The van der Waals surface area contributed by atoms with Crippen molar-refractivity contribution >= 4 is 23.3 Å². The second-order valence-electron chi connectivity index (χ2n) is 8.30. The van der Waals surface area contributed by atoms with Gasteiger partial charge >= 0.3 is 0 Å². The Morgan fingerprint density at radius 3 is 2.21 bits per heavy atom.